The van der Waals surface area contributed by atoms with Crippen molar-refractivity contribution < 1.29 is 9.47 Å². The molecular weight excluding hydrogens is 345 g/mol. The van der Waals surface area contributed by atoms with Crippen LogP contribution in [-0.4, -0.2) is 25.7 Å². The van der Waals surface area contributed by atoms with Gasteiger partial charge in [-0.1, -0.05) is 29.3 Å². The van der Waals surface area contributed by atoms with Crippen LogP contribution < -0.4 is 9.47 Å². The number of hydrogen-bond donors (Lipinski definition) is 0. The lowest BCUT2D eigenvalue weighted by Gasteiger charge is -2.35. The highest BCUT2D eigenvalue weighted by atomic mass is 35.5. The topological polar surface area (TPSA) is 21.7 Å². The molecule has 5 heteroatoms. The number of hydrogen-bond acceptors (Lipinski definition) is 3. The summed E-state index contributed by atoms with van der Waals surface area (Å²) in [5, 5.41) is 1.19. The molecule has 3 nitrogen and oxygen atoms in total. The quantitative estimate of drug-likeness (QED) is 0.749. The zero-order valence-electron chi connectivity index (χ0n) is 14.1. The molecule has 0 amide bonds. The number of ether oxygens (including phenoxy) is 2. The first-order valence-corrected chi connectivity index (χ1v) is 8.72. The van der Waals surface area contributed by atoms with Gasteiger partial charge in [-0.05, 0) is 54.3 Å². The molecule has 0 aromatic heterocycles. The minimum Gasteiger partial charge on any atom is -0.493 e. The molecule has 0 saturated heterocycles. The molecule has 0 saturated carbocycles. The second-order valence-electron chi connectivity index (χ2n) is 6.05. The van der Waals surface area contributed by atoms with Crippen LogP contribution in [0.1, 0.15) is 29.7 Å². The predicted molar refractivity (Wildman–Crippen MR) is 98.5 cm³/mol. The average Bonchev–Trinajstić information content (AvgIpc) is 2.59. The zero-order chi connectivity index (χ0) is 17.3. The van der Waals surface area contributed by atoms with Gasteiger partial charge in [-0.2, -0.15) is 0 Å². The lowest BCUT2D eigenvalue weighted by Crippen LogP contribution is -2.33. The van der Waals surface area contributed by atoms with Crippen molar-refractivity contribution in [3.8, 4) is 11.5 Å². The number of rotatable bonds is 4. The molecule has 0 aliphatic carbocycles. The molecule has 128 valence electrons. The van der Waals surface area contributed by atoms with E-state index in [2.05, 4.69) is 24.0 Å². The van der Waals surface area contributed by atoms with Crippen LogP contribution >= 0.6 is 23.2 Å². The lowest BCUT2D eigenvalue weighted by atomic mass is 9.92. The molecule has 24 heavy (non-hydrogen) atoms. The first kappa shape index (κ1) is 17.4. The van der Waals surface area contributed by atoms with Gasteiger partial charge in [0.1, 0.15) is 0 Å². The Labute approximate surface area is 153 Å². The smallest absolute Gasteiger partial charge is 0.161 e. The van der Waals surface area contributed by atoms with Crippen molar-refractivity contribution >= 4 is 23.2 Å². The van der Waals surface area contributed by atoms with Gasteiger partial charge < -0.3 is 9.47 Å². The highest BCUT2D eigenvalue weighted by Crippen LogP contribution is 2.38. The van der Waals surface area contributed by atoms with E-state index in [-0.39, 0.29) is 0 Å². The molecule has 0 spiro atoms. The van der Waals surface area contributed by atoms with Crippen molar-refractivity contribution in [2.24, 2.45) is 0 Å². The number of benzene rings is 2. The molecule has 3 rings (SSSR count). The molecular formula is C19H21Cl2NO2. The third kappa shape index (κ3) is 3.34. The summed E-state index contributed by atoms with van der Waals surface area (Å²) in [7, 11) is 3.35. The van der Waals surface area contributed by atoms with Crippen LogP contribution in [0, 0.1) is 0 Å². The maximum absolute atomic E-state index is 6.14. The van der Waals surface area contributed by atoms with Crippen molar-refractivity contribution in [1.82, 2.24) is 4.90 Å². The normalized spacial score (nSPS) is 17.5. The van der Waals surface area contributed by atoms with E-state index in [0.717, 1.165) is 31.0 Å². The van der Waals surface area contributed by atoms with Crippen LogP contribution in [0.4, 0.5) is 0 Å². The van der Waals surface area contributed by atoms with Gasteiger partial charge in [0.25, 0.3) is 0 Å². The Hall–Kier alpha value is -1.42. The van der Waals surface area contributed by atoms with Gasteiger partial charge >= 0.3 is 0 Å². The van der Waals surface area contributed by atoms with E-state index in [1.54, 1.807) is 14.2 Å². The monoisotopic (exact) mass is 365 g/mol. The van der Waals surface area contributed by atoms with Crippen molar-refractivity contribution in [3.05, 3.63) is 57.1 Å². The summed E-state index contributed by atoms with van der Waals surface area (Å²) < 4.78 is 10.9. The number of methoxy groups -OCH3 is 2. The van der Waals surface area contributed by atoms with Crippen LogP contribution in [0.2, 0.25) is 10.0 Å². The van der Waals surface area contributed by atoms with Gasteiger partial charge in [-0.25, -0.2) is 0 Å². The molecule has 0 fully saturated rings. The number of nitrogens with zero attached hydrogens (tertiary/aromatic N) is 1. The molecule has 1 heterocycles. The van der Waals surface area contributed by atoms with E-state index >= 15 is 0 Å². The van der Waals surface area contributed by atoms with Crippen molar-refractivity contribution in [2.45, 2.75) is 25.9 Å². The summed E-state index contributed by atoms with van der Waals surface area (Å²) in [4.78, 5) is 2.44. The first-order chi connectivity index (χ1) is 11.5. The minimum absolute atomic E-state index is 0.294. The maximum atomic E-state index is 6.14. The van der Waals surface area contributed by atoms with Crippen molar-refractivity contribution in [3.63, 3.8) is 0 Å². The van der Waals surface area contributed by atoms with Crippen LogP contribution in [0.25, 0.3) is 0 Å². The van der Waals surface area contributed by atoms with Crippen LogP contribution in [0.3, 0.4) is 0 Å². The van der Waals surface area contributed by atoms with Crippen molar-refractivity contribution in [1.29, 1.82) is 0 Å². The molecule has 1 aliphatic rings. The SMILES string of the molecule is COc1cc2c(cc1OC)[C@H](C)N(Cc1ccc(Cl)c(Cl)c1)CC2. The highest BCUT2D eigenvalue weighted by molar-refractivity contribution is 6.42. The molecule has 1 aliphatic heterocycles. The fourth-order valence-corrected chi connectivity index (χ4v) is 3.61. The molecule has 2 aromatic rings. The van der Waals surface area contributed by atoms with Gasteiger partial charge in [-0.15, -0.1) is 0 Å². The van der Waals surface area contributed by atoms with Gasteiger partial charge in [-0.3, -0.25) is 4.90 Å². The van der Waals surface area contributed by atoms with E-state index in [1.165, 1.54) is 16.7 Å². The summed E-state index contributed by atoms with van der Waals surface area (Å²) in [5.41, 5.74) is 3.78. The summed E-state index contributed by atoms with van der Waals surface area (Å²) in [6.45, 7) is 4.05. The second kappa shape index (κ2) is 7.22. The number of halogens is 2. The molecule has 0 unspecified atom stereocenters. The Morgan fingerprint density at radius 3 is 2.42 bits per heavy atom. The Morgan fingerprint density at radius 2 is 1.75 bits per heavy atom. The largest absolute Gasteiger partial charge is 0.493 e. The molecule has 0 N–H and O–H groups in total. The van der Waals surface area contributed by atoms with Crippen LogP contribution in [0.5, 0.6) is 11.5 Å². The third-order valence-electron chi connectivity index (χ3n) is 4.68. The van der Waals surface area contributed by atoms with E-state index in [9.17, 15) is 0 Å². The Bertz CT molecular complexity index is 748. The lowest BCUT2D eigenvalue weighted by molar-refractivity contribution is 0.189. The summed E-state index contributed by atoms with van der Waals surface area (Å²) in [5.74, 6) is 1.57. The summed E-state index contributed by atoms with van der Waals surface area (Å²) in [6.07, 6.45) is 0.987. The fourth-order valence-electron chi connectivity index (χ4n) is 3.29. The van der Waals surface area contributed by atoms with E-state index in [1.807, 2.05) is 18.2 Å². The standard InChI is InChI=1S/C19H21Cl2NO2/c1-12-15-10-19(24-3)18(23-2)9-14(15)6-7-22(12)11-13-4-5-16(20)17(21)8-13/h4-5,8-10,12H,6-7,11H2,1-3H3/t12-/m0/s1. The van der Waals surface area contributed by atoms with Gasteiger partial charge in [0.05, 0.1) is 24.3 Å². The van der Waals surface area contributed by atoms with Crippen LogP contribution in [0.15, 0.2) is 30.3 Å². The van der Waals surface area contributed by atoms with Crippen LogP contribution in [-0.2, 0) is 13.0 Å². The average molecular weight is 366 g/mol. The minimum atomic E-state index is 0.294. The third-order valence-corrected chi connectivity index (χ3v) is 5.42. The molecule has 1 atom stereocenters. The summed E-state index contributed by atoms with van der Waals surface area (Å²) >= 11 is 12.2. The van der Waals surface area contributed by atoms with Gasteiger partial charge in [0.2, 0.25) is 0 Å². The van der Waals surface area contributed by atoms with E-state index in [4.69, 9.17) is 32.7 Å². The van der Waals surface area contributed by atoms with E-state index < -0.39 is 0 Å². The van der Waals surface area contributed by atoms with Gasteiger partial charge in [0.15, 0.2) is 11.5 Å². The molecule has 0 bridgehead atoms. The zero-order valence-corrected chi connectivity index (χ0v) is 15.6. The fraction of sp³-hybridized carbons (Fsp3) is 0.368. The second-order valence-corrected chi connectivity index (χ2v) is 6.87. The maximum Gasteiger partial charge on any atom is 0.161 e. The van der Waals surface area contributed by atoms with E-state index in [0.29, 0.717) is 16.1 Å². The van der Waals surface area contributed by atoms with Crippen molar-refractivity contribution in [2.75, 3.05) is 20.8 Å². The van der Waals surface area contributed by atoms with Gasteiger partial charge in [0, 0.05) is 19.1 Å². The summed E-state index contributed by atoms with van der Waals surface area (Å²) in [6, 6.07) is 10.3. The Kier molecular flexibility index (Phi) is 5.24. The number of fused-ring (bicyclic) bond motifs is 1. The predicted octanol–water partition coefficient (Wildman–Crippen LogP) is 5.13. The molecule has 2 aromatic carbocycles. The Morgan fingerprint density at radius 1 is 1.04 bits per heavy atom. The molecule has 0 radical (unpaired) electrons. The highest BCUT2D eigenvalue weighted by Gasteiger charge is 2.26. The first-order valence-electron chi connectivity index (χ1n) is 7.96. The Balaban J connectivity index is 1.85.